The molecule has 0 aliphatic carbocycles. The van der Waals surface area contributed by atoms with E-state index in [1.54, 1.807) is 0 Å². The van der Waals surface area contributed by atoms with E-state index in [2.05, 4.69) is 41.5 Å². The van der Waals surface area contributed by atoms with Crippen molar-refractivity contribution in [3.05, 3.63) is 78.0 Å². The molecule has 0 bridgehead atoms. The van der Waals surface area contributed by atoms with E-state index in [-0.39, 0.29) is 0 Å². The normalized spacial score (nSPS) is 10.4. The van der Waals surface area contributed by atoms with Gasteiger partial charge in [0.25, 0.3) is 0 Å². The Kier molecular flexibility index (Phi) is 3.57. The zero-order valence-corrected chi connectivity index (χ0v) is 11.8. The van der Waals surface area contributed by atoms with E-state index >= 15 is 0 Å². The first-order valence-corrected chi connectivity index (χ1v) is 6.98. The van der Waals surface area contributed by atoms with Crippen molar-refractivity contribution in [3.63, 3.8) is 0 Å². The van der Waals surface area contributed by atoms with Gasteiger partial charge in [0.2, 0.25) is 0 Å². The predicted octanol–water partition coefficient (Wildman–Crippen LogP) is 4.40. The molecule has 0 saturated carbocycles. The molecule has 0 saturated heterocycles. The molecule has 0 aliphatic rings. The highest BCUT2D eigenvalue weighted by molar-refractivity contribution is 5.88. The van der Waals surface area contributed by atoms with Gasteiger partial charge in [0.1, 0.15) is 0 Å². The number of para-hydroxylation sites is 1. The van der Waals surface area contributed by atoms with Crippen LogP contribution in [0.3, 0.4) is 0 Å². The fourth-order valence-electron chi connectivity index (χ4n) is 2.83. The van der Waals surface area contributed by atoms with Crippen molar-refractivity contribution < 1.29 is 0 Å². The smallest absolute Gasteiger partial charge is 0.0670 e. The maximum Gasteiger partial charge on any atom is 0.0670 e. The summed E-state index contributed by atoms with van der Waals surface area (Å²) in [4.78, 5) is 0. The maximum absolute atomic E-state index is 9.10. The van der Waals surface area contributed by atoms with E-state index in [1.807, 2.05) is 36.4 Å². The van der Waals surface area contributed by atoms with Crippen molar-refractivity contribution in [2.45, 2.75) is 13.0 Å². The highest BCUT2D eigenvalue weighted by Gasteiger charge is 2.14. The number of aromatic nitrogens is 1. The van der Waals surface area contributed by atoms with Crippen molar-refractivity contribution in [2.24, 2.45) is 0 Å². The summed E-state index contributed by atoms with van der Waals surface area (Å²) in [7, 11) is 0. The molecule has 0 atom stereocenters. The average molecular weight is 272 g/mol. The highest BCUT2D eigenvalue weighted by Crippen LogP contribution is 2.28. The zero-order chi connectivity index (χ0) is 14.7. The Morgan fingerprint density at radius 3 is 2.48 bits per heavy atom. The lowest BCUT2D eigenvalue weighted by molar-refractivity contribution is 0.823. The minimum Gasteiger partial charge on any atom is -0.336 e. The number of hydrogen-bond donors (Lipinski definition) is 0. The number of benzene rings is 2. The Balaban J connectivity index is 2.21. The fraction of sp³-hybridized carbons (Fsp3) is 0.105. The van der Waals surface area contributed by atoms with Crippen LogP contribution in [0.2, 0.25) is 0 Å². The minimum atomic E-state index is 0.406. The number of rotatable bonds is 4. The molecule has 0 fully saturated rings. The third kappa shape index (κ3) is 2.34. The van der Waals surface area contributed by atoms with Crippen molar-refractivity contribution in [3.8, 4) is 6.07 Å². The van der Waals surface area contributed by atoms with E-state index in [1.165, 1.54) is 5.56 Å². The van der Waals surface area contributed by atoms with Gasteiger partial charge in [0.15, 0.2) is 0 Å². The molecule has 1 heterocycles. The predicted molar refractivity (Wildman–Crippen MR) is 86.9 cm³/mol. The van der Waals surface area contributed by atoms with Gasteiger partial charge in [-0.15, -0.1) is 0 Å². The van der Waals surface area contributed by atoms with Crippen LogP contribution in [0.15, 0.2) is 61.2 Å². The van der Waals surface area contributed by atoms with Crippen LogP contribution < -0.4 is 0 Å². The van der Waals surface area contributed by atoms with Crippen LogP contribution in [0.1, 0.15) is 16.8 Å². The molecular weight excluding hydrogens is 256 g/mol. The zero-order valence-electron chi connectivity index (χ0n) is 11.8. The second-order valence-electron chi connectivity index (χ2n) is 4.99. The van der Waals surface area contributed by atoms with Crippen molar-refractivity contribution in [2.75, 3.05) is 0 Å². The summed E-state index contributed by atoms with van der Waals surface area (Å²) in [6.45, 7) is 4.73. The molecule has 2 heteroatoms. The standard InChI is InChI=1S/C19H16N2/c1-2-18-17(12-13-20)16-10-6-7-11-19(16)21(18)14-15-8-4-3-5-9-15/h2-11H,1,12,14H2. The molecule has 0 radical (unpaired) electrons. The largest absolute Gasteiger partial charge is 0.336 e. The first-order chi connectivity index (χ1) is 10.3. The van der Waals surface area contributed by atoms with Crippen molar-refractivity contribution >= 4 is 17.0 Å². The molecule has 0 spiro atoms. The molecule has 3 aromatic rings. The van der Waals surface area contributed by atoms with Crippen LogP contribution in [-0.4, -0.2) is 4.57 Å². The van der Waals surface area contributed by atoms with Gasteiger partial charge in [-0.05, 0) is 23.3 Å². The van der Waals surface area contributed by atoms with E-state index in [0.29, 0.717) is 6.42 Å². The quantitative estimate of drug-likeness (QED) is 0.692. The molecule has 2 nitrogen and oxygen atoms in total. The summed E-state index contributed by atoms with van der Waals surface area (Å²) in [5.41, 5.74) is 4.51. The lowest BCUT2D eigenvalue weighted by Crippen LogP contribution is -2.02. The Morgan fingerprint density at radius 2 is 1.76 bits per heavy atom. The van der Waals surface area contributed by atoms with Crippen LogP contribution in [0.25, 0.3) is 17.0 Å². The van der Waals surface area contributed by atoms with Gasteiger partial charge in [-0.25, -0.2) is 0 Å². The molecular formula is C19H16N2. The summed E-state index contributed by atoms with van der Waals surface area (Å²) in [5.74, 6) is 0. The second kappa shape index (κ2) is 5.68. The van der Waals surface area contributed by atoms with Crippen LogP contribution in [-0.2, 0) is 13.0 Å². The first kappa shape index (κ1) is 13.2. The molecule has 0 aliphatic heterocycles. The van der Waals surface area contributed by atoms with Crippen molar-refractivity contribution in [1.29, 1.82) is 5.26 Å². The fourth-order valence-corrected chi connectivity index (χ4v) is 2.83. The molecule has 0 unspecified atom stereocenters. The van der Waals surface area contributed by atoms with Crippen LogP contribution in [0.4, 0.5) is 0 Å². The second-order valence-corrected chi connectivity index (χ2v) is 4.99. The number of hydrogen-bond acceptors (Lipinski definition) is 1. The molecule has 102 valence electrons. The third-order valence-corrected chi connectivity index (χ3v) is 3.75. The van der Waals surface area contributed by atoms with Crippen molar-refractivity contribution in [1.82, 2.24) is 4.57 Å². The SMILES string of the molecule is C=Cc1c(CC#N)c2ccccc2n1Cc1ccccc1. The lowest BCUT2D eigenvalue weighted by Gasteiger charge is -2.09. The summed E-state index contributed by atoms with van der Waals surface area (Å²) >= 11 is 0. The van der Waals surface area contributed by atoms with Crippen LogP contribution in [0.5, 0.6) is 0 Å². The number of fused-ring (bicyclic) bond motifs is 1. The van der Waals surface area contributed by atoms with Gasteiger partial charge in [-0.1, -0.05) is 55.1 Å². The van der Waals surface area contributed by atoms with Gasteiger partial charge >= 0.3 is 0 Å². The Morgan fingerprint density at radius 1 is 1.05 bits per heavy atom. The molecule has 1 aromatic heterocycles. The number of nitrogens with zero attached hydrogens (tertiary/aromatic N) is 2. The van der Waals surface area contributed by atoms with Gasteiger partial charge in [-0.3, -0.25) is 0 Å². The highest BCUT2D eigenvalue weighted by atomic mass is 15.0. The van der Waals surface area contributed by atoms with Gasteiger partial charge in [0.05, 0.1) is 12.5 Å². The van der Waals surface area contributed by atoms with E-state index in [9.17, 15) is 0 Å². The summed E-state index contributed by atoms with van der Waals surface area (Å²) in [6, 6.07) is 20.8. The van der Waals surface area contributed by atoms with E-state index in [0.717, 1.165) is 28.7 Å². The Bertz CT molecular complexity index is 820. The van der Waals surface area contributed by atoms with Crippen LogP contribution >= 0.6 is 0 Å². The summed E-state index contributed by atoms with van der Waals surface area (Å²) in [5, 5.41) is 10.2. The summed E-state index contributed by atoms with van der Waals surface area (Å²) in [6.07, 6.45) is 2.26. The first-order valence-electron chi connectivity index (χ1n) is 6.98. The molecule has 0 N–H and O–H groups in total. The monoisotopic (exact) mass is 272 g/mol. The molecule has 21 heavy (non-hydrogen) atoms. The van der Waals surface area contributed by atoms with Gasteiger partial charge < -0.3 is 4.57 Å². The molecule has 2 aromatic carbocycles. The topological polar surface area (TPSA) is 28.7 Å². The van der Waals surface area contributed by atoms with E-state index in [4.69, 9.17) is 5.26 Å². The Hall–Kier alpha value is -2.79. The van der Waals surface area contributed by atoms with Crippen LogP contribution in [0, 0.1) is 11.3 Å². The lowest BCUT2D eigenvalue weighted by atomic mass is 10.1. The maximum atomic E-state index is 9.10. The Labute approximate surface area is 124 Å². The number of nitriles is 1. The average Bonchev–Trinajstić information content (AvgIpc) is 2.82. The molecule has 0 amide bonds. The summed E-state index contributed by atoms with van der Waals surface area (Å²) < 4.78 is 2.24. The minimum absolute atomic E-state index is 0.406. The van der Waals surface area contributed by atoms with Gasteiger partial charge in [0, 0.05) is 23.1 Å². The van der Waals surface area contributed by atoms with E-state index < -0.39 is 0 Å². The molecule has 3 rings (SSSR count). The van der Waals surface area contributed by atoms with Gasteiger partial charge in [-0.2, -0.15) is 5.26 Å². The third-order valence-electron chi connectivity index (χ3n) is 3.75.